The minimum Gasteiger partial charge on any atom is -0.462 e. The van der Waals surface area contributed by atoms with Gasteiger partial charge in [-0.05, 0) is 106 Å². The van der Waals surface area contributed by atoms with Crippen LogP contribution in [0.1, 0.15) is 87.9 Å². The van der Waals surface area contributed by atoms with Crippen LogP contribution in [-0.4, -0.2) is 218 Å². The van der Waals surface area contributed by atoms with E-state index in [1.165, 1.54) is 116 Å². The van der Waals surface area contributed by atoms with Crippen LogP contribution in [0.5, 0.6) is 17.2 Å². The monoisotopic (exact) mass is 1820 g/mol. The Bertz CT molecular complexity index is 5570. The standard InChI is InChI=1S/C70H85Cl3F3N18O24P3/c1-32(2)107-59(101)33(3)89-119(104,116-41-20-14-11-15-21-41)113-37(7)48-51(96)69(72,27-75)63(111-48)93-30-79-45-54(93)84-66(87-57(45)99)82-40(10)109-61(103)35(5)91-121(106,118-43-24-18-13-19-25-43)115-38(8)49-52(97)70(73,28-76)64(112-49)94-31-80-46-55(94)85-67(88-58(46)100)81-39(9)108-60(102)34(4)90-120(105,117-42-22-16-12-17-23-42)114-36(6)47-50(95)68(71,26-74)62(110-47)92-29-78-44-53(92)83-65(77)86-56(44)98/h11-25,29-40,47-52,62-64,95-97H,26-28H2,1-10H3,(H,89,104)(H,90,105)(H,91,106)(H3,77,83,86,98)(H2,81,85,88,100)(H2,82,84,87,99)/t33-,34-,35-,36+,37+,38+,39?,40?,47+,48+,49+,50?,51?,52?,62+,63+,64+,68+,69+,70+,119?,120+,121-/m0/s1. The molecule has 0 amide bonds. The van der Waals surface area contributed by atoms with Crippen molar-refractivity contribution in [3.63, 3.8) is 0 Å². The summed E-state index contributed by atoms with van der Waals surface area (Å²) in [4.78, 5) is 106. The second-order valence-corrected chi connectivity index (χ2v) is 35.8. The smallest absolute Gasteiger partial charge is 0.459 e. The van der Waals surface area contributed by atoms with Crippen LogP contribution in [-0.2, 0) is 70.1 Å². The van der Waals surface area contributed by atoms with E-state index in [-0.39, 0.29) is 62.6 Å². The lowest BCUT2D eigenvalue weighted by atomic mass is 9.97. The Kier molecular flexibility index (Phi) is 27.6. The lowest BCUT2D eigenvalue weighted by molar-refractivity contribution is -0.149. The van der Waals surface area contributed by atoms with E-state index < -0.39 is 209 Å². The molecule has 6 aromatic heterocycles. The summed E-state index contributed by atoms with van der Waals surface area (Å²) in [7, 11) is -14.4. The summed E-state index contributed by atoms with van der Waals surface area (Å²) in [6, 6.07) is 18.1. The number of nitrogen functional groups attached to an aromatic ring is 1. The van der Waals surface area contributed by atoms with Crippen molar-refractivity contribution in [1.82, 2.24) is 73.8 Å². The highest BCUT2D eigenvalue weighted by atomic mass is 35.5. The van der Waals surface area contributed by atoms with E-state index in [4.69, 9.17) is 96.1 Å². The largest absolute Gasteiger partial charge is 0.462 e. The number of para-hydroxylation sites is 3. The Balaban J connectivity index is 0.699. The molecule has 0 radical (unpaired) electrons. The van der Waals surface area contributed by atoms with Gasteiger partial charge in [0.25, 0.3) is 16.7 Å². The SMILES string of the molecule is CC(C)OC(=O)[C@H](C)NP(=O)(Oc1ccccc1)O[C@H](C)[C@H]1O[C@@H](n2cnc3c(=O)[nH]c(NC(C)OC(=O)[C@H](C)N[P@@](=O)(Oc4ccccc4)O[C@H](C)[C@H]4O[C@@H](n5cnc6c(=O)[nH]c(NC(C)OC(=O)[C@H](C)N[P@](=O)(Oc7ccccc7)O[C@H](C)[C@H]7O[C@@H](n8cnc9c(=O)[nH]c(N)nc98)[C@@](Cl)(CF)C7O)nc65)[C@@](Cl)(CF)C4O)nc32)[C@@](Cl)(CF)C1O. The highest BCUT2D eigenvalue weighted by Gasteiger charge is 2.63. The van der Waals surface area contributed by atoms with E-state index in [2.05, 4.69) is 70.8 Å². The minimum absolute atomic E-state index is 0.0394. The molecule has 9 heterocycles. The highest BCUT2D eigenvalue weighted by molar-refractivity contribution is 7.52. The molecule has 6 unspecified atom stereocenters. The third-order valence-corrected chi connectivity index (χ3v) is 26.0. The van der Waals surface area contributed by atoms with Gasteiger partial charge in [-0.25, -0.2) is 41.8 Å². The Morgan fingerprint density at radius 2 is 0.760 bits per heavy atom. The van der Waals surface area contributed by atoms with Gasteiger partial charge in [-0.1, -0.05) is 54.6 Å². The predicted molar refractivity (Wildman–Crippen MR) is 425 cm³/mol. The number of fused-ring (bicyclic) bond motifs is 3. The van der Waals surface area contributed by atoms with Crippen LogP contribution in [0.4, 0.5) is 31.0 Å². The van der Waals surface area contributed by atoms with Crippen LogP contribution in [0.15, 0.2) is 124 Å². The first-order valence-corrected chi connectivity index (χ1v) is 42.9. The molecule has 13 N–H and O–H groups in total. The molecule has 3 aliphatic heterocycles. The zero-order valence-electron chi connectivity index (χ0n) is 65.5. The highest BCUT2D eigenvalue weighted by Crippen LogP contribution is 2.55. The van der Waals surface area contributed by atoms with Gasteiger partial charge >= 0.3 is 41.1 Å². The lowest BCUT2D eigenvalue weighted by Gasteiger charge is -2.30. The Morgan fingerprint density at radius 1 is 0.479 bits per heavy atom. The fraction of sp³-hybridized carbons (Fsp3) is 0.486. The number of halogens is 6. The number of hydrogen-bond donors (Lipinski definition) is 12. The lowest BCUT2D eigenvalue weighted by Crippen LogP contribution is -2.46. The Morgan fingerprint density at radius 3 is 1.05 bits per heavy atom. The number of anilines is 3. The average Bonchev–Trinajstić information content (AvgIpc) is 1.59. The molecule has 656 valence electrons. The summed E-state index contributed by atoms with van der Waals surface area (Å²) in [6.45, 7) is 8.96. The van der Waals surface area contributed by atoms with Gasteiger partial charge < -0.3 is 73.7 Å². The van der Waals surface area contributed by atoms with E-state index in [0.29, 0.717) is 0 Å². The number of nitrogens with one attached hydrogen (secondary N) is 8. The number of alkyl halides is 6. The summed E-state index contributed by atoms with van der Waals surface area (Å²) < 4.78 is 164. The Hall–Kier alpha value is -9.21. The van der Waals surface area contributed by atoms with Crippen molar-refractivity contribution in [1.29, 1.82) is 0 Å². The van der Waals surface area contributed by atoms with Crippen LogP contribution in [0, 0.1) is 0 Å². The summed E-state index contributed by atoms with van der Waals surface area (Å²) in [5, 5.41) is 48.2. The molecule has 42 nitrogen and oxygen atoms in total. The van der Waals surface area contributed by atoms with E-state index in [1.807, 2.05) is 0 Å². The van der Waals surface area contributed by atoms with Crippen LogP contribution in [0.25, 0.3) is 33.5 Å². The van der Waals surface area contributed by atoms with Crippen molar-refractivity contribution in [2.24, 2.45) is 0 Å². The average molecular weight is 1820 g/mol. The van der Waals surface area contributed by atoms with Gasteiger partial charge in [-0.3, -0.25) is 71.0 Å². The summed E-state index contributed by atoms with van der Waals surface area (Å²) in [6.07, 6.45) is -21.0. The number of aliphatic hydroxyl groups is 3. The van der Waals surface area contributed by atoms with E-state index in [0.717, 1.165) is 32.7 Å². The van der Waals surface area contributed by atoms with Crippen LogP contribution < -0.4 is 61.9 Å². The molecule has 0 aliphatic carbocycles. The van der Waals surface area contributed by atoms with Gasteiger partial charge in [0.1, 0.15) is 107 Å². The number of benzene rings is 3. The molecule has 9 aromatic rings. The van der Waals surface area contributed by atoms with E-state index >= 15 is 17.7 Å². The van der Waals surface area contributed by atoms with Gasteiger partial charge in [0.15, 0.2) is 64.6 Å². The molecule has 3 fully saturated rings. The third kappa shape index (κ3) is 19.4. The second kappa shape index (κ2) is 36.7. The number of ether oxygens (including phenoxy) is 6. The minimum atomic E-state index is -4.96. The molecule has 3 aliphatic rings. The van der Waals surface area contributed by atoms with Gasteiger partial charge in [0.2, 0.25) is 17.8 Å². The molecule has 51 heteroatoms. The van der Waals surface area contributed by atoms with Crippen molar-refractivity contribution in [3.8, 4) is 17.2 Å². The van der Waals surface area contributed by atoms with Crippen molar-refractivity contribution >= 4 is 127 Å². The second-order valence-electron chi connectivity index (χ2n) is 28.7. The number of nitrogens with zero attached hydrogens (tertiary/aromatic N) is 9. The molecule has 23 atom stereocenters. The zero-order chi connectivity index (χ0) is 87.8. The zero-order valence-corrected chi connectivity index (χ0v) is 70.5. The van der Waals surface area contributed by atoms with Crippen LogP contribution >= 0.6 is 58.0 Å². The molecule has 3 saturated heterocycles. The van der Waals surface area contributed by atoms with Crippen molar-refractivity contribution in [2.45, 2.75) is 194 Å². The number of aromatic nitrogens is 12. The normalized spacial score (nSPS) is 26.5. The first-order valence-electron chi connectivity index (χ1n) is 37.1. The molecular formula is C70H85Cl3F3N18O24P3. The molecule has 0 spiro atoms. The molecular weight excluding hydrogens is 1730 g/mol. The number of hydrogen-bond acceptors (Lipinski definition) is 33. The number of rotatable bonds is 37. The fourth-order valence-electron chi connectivity index (χ4n) is 13.3. The maximum atomic E-state index is 15.7. The first-order chi connectivity index (χ1) is 57.1. The van der Waals surface area contributed by atoms with Crippen molar-refractivity contribution in [2.75, 3.05) is 36.4 Å². The number of carbonyl (C=O) groups is 3. The van der Waals surface area contributed by atoms with Gasteiger partial charge in [-0.15, -0.1) is 34.8 Å². The van der Waals surface area contributed by atoms with Gasteiger partial charge in [0.05, 0.1) is 43.4 Å². The maximum absolute atomic E-state index is 15.7. The van der Waals surface area contributed by atoms with Gasteiger partial charge in [0, 0.05) is 0 Å². The molecule has 12 rings (SSSR count). The first kappa shape index (κ1) is 91.0. The molecule has 121 heavy (non-hydrogen) atoms. The number of nitrogens with two attached hydrogens (primary N) is 1. The summed E-state index contributed by atoms with van der Waals surface area (Å²) in [5.74, 6) is -4.29. The number of H-pyrrole nitrogens is 3. The topological polar surface area (TPSA) is 551 Å². The summed E-state index contributed by atoms with van der Waals surface area (Å²) >= 11 is 20.6. The summed E-state index contributed by atoms with van der Waals surface area (Å²) in [5.41, 5.74) is 1.43. The van der Waals surface area contributed by atoms with Gasteiger partial charge in [-0.2, -0.15) is 30.2 Å². The van der Waals surface area contributed by atoms with Crippen molar-refractivity contribution in [3.05, 3.63) is 141 Å². The maximum Gasteiger partial charge on any atom is 0.459 e. The van der Waals surface area contributed by atoms with Crippen LogP contribution in [0.2, 0.25) is 0 Å². The van der Waals surface area contributed by atoms with E-state index in [9.17, 15) is 53.2 Å². The van der Waals surface area contributed by atoms with Crippen LogP contribution in [0.3, 0.4) is 0 Å². The third-order valence-electron chi connectivity index (χ3n) is 19.1. The quantitative estimate of drug-likeness (QED) is 0.00622. The number of aromatic amines is 3. The number of aliphatic hydroxyl groups excluding tert-OH is 3. The molecule has 3 aromatic carbocycles. The van der Waals surface area contributed by atoms with E-state index in [1.54, 1.807) is 44.2 Å². The number of imidazole rings is 3. The number of carbonyl (C=O) groups excluding carboxylic acids is 3. The molecule has 0 bridgehead atoms. The molecule has 0 saturated carbocycles. The predicted octanol–water partition coefficient (Wildman–Crippen LogP) is 6.85. The Labute approximate surface area is 698 Å². The number of esters is 3. The van der Waals surface area contributed by atoms with Crippen molar-refractivity contribution < 1.29 is 112 Å². The fourth-order valence-corrected chi connectivity index (χ4v) is 19.2.